The minimum atomic E-state index is 1.12. The van der Waals surface area contributed by atoms with Crippen molar-refractivity contribution in [3.05, 3.63) is 18.2 Å². The third-order valence-electron chi connectivity index (χ3n) is 2.07. The third kappa shape index (κ3) is 3.24. The first-order chi connectivity index (χ1) is 6.79. The van der Waals surface area contributed by atoms with E-state index in [9.17, 15) is 0 Å². The summed E-state index contributed by atoms with van der Waals surface area (Å²) in [6.07, 6.45) is 4.33. The molecule has 2 nitrogen and oxygen atoms in total. The number of rotatable bonds is 6. The monoisotopic (exact) mass is 231 g/mol. The standard InChI is InChI=1S/C10H19N2S2/c1-4-13-9-8-11-6-7-12(10(11)3)14-5-2/h6-7H,4-5,8-9H2,1-3H3/q+1. The molecule has 0 saturated carbocycles. The lowest BCUT2D eigenvalue weighted by molar-refractivity contribution is -0.697. The van der Waals surface area contributed by atoms with Crippen LogP contribution in [0.1, 0.15) is 19.7 Å². The topological polar surface area (TPSA) is 8.81 Å². The van der Waals surface area contributed by atoms with Crippen molar-refractivity contribution in [3.63, 3.8) is 0 Å². The van der Waals surface area contributed by atoms with Crippen molar-refractivity contribution >= 4 is 23.7 Å². The predicted molar refractivity (Wildman–Crippen MR) is 65.9 cm³/mol. The van der Waals surface area contributed by atoms with Crippen LogP contribution < -0.4 is 4.57 Å². The van der Waals surface area contributed by atoms with Gasteiger partial charge >= 0.3 is 0 Å². The van der Waals surface area contributed by atoms with Crippen LogP contribution in [-0.4, -0.2) is 21.2 Å². The van der Waals surface area contributed by atoms with E-state index in [0.29, 0.717) is 0 Å². The molecule has 4 heteroatoms. The van der Waals surface area contributed by atoms with Crippen LogP contribution in [0.25, 0.3) is 0 Å². The van der Waals surface area contributed by atoms with E-state index in [-0.39, 0.29) is 0 Å². The summed E-state index contributed by atoms with van der Waals surface area (Å²) in [5, 5.41) is 0. The Kier molecular flexibility index (Phi) is 5.48. The first-order valence-corrected chi connectivity index (χ1v) is 7.17. The highest BCUT2D eigenvalue weighted by atomic mass is 32.2. The quantitative estimate of drug-likeness (QED) is 0.549. The number of hydrogen-bond donors (Lipinski definition) is 0. The van der Waals surface area contributed by atoms with Gasteiger partial charge in [0.2, 0.25) is 0 Å². The van der Waals surface area contributed by atoms with Gasteiger partial charge in [-0.3, -0.25) is 0 Å². The Morgan fingerprint density at radius 3 is 2.79 bits per heavy atom. The van der Waals surface area contributed by atoms with Crippen molar-refractivity contribution in [1.29, 1.82) is 0 Å². The van der Waals surface area contributed by atoms with Gasteiger partial charge < -0.3 is 0 Å². The normalized spacial score (nSPS) is 10.8. The van der Waals surface area contributed by atoms with Gasteiger partial charge in [0.05, 0.1) is 18.5 Å². The minimum Gasteiger partial charge on any atom is -0.233 e. The summed E-state index contributed by atoms with van der Waals surface area (Å²) in [5.74, 6) is 4.89. The Labute approximate surface area is 95.2 Å². The fourth-order valence-corrected chi connectivity index (χ4v) is 2.63. The maximum Gasteiger partial charge on any atom is 0.265 e. The Hall–Kier alpha value is -0.0900. The fourth-order valence-electron chi connectivity index (χ4n) is 1.30. The van der Waals surface area contributed by atoms with Crippen LogP contribution in [-0.2, 0) is 6.54 Å². The molecule has 1 aromatic rings. The summed E-state index contributed by atoms with van der Waals surface area (Å²) in [5.41, 5.74) is 0. The molecule has 0 unspecified atom stereocenters. The molecular formula is C10H19N2S2+. The van der Waals surface area contributed by atoms with Crippen LogP contribution >= 0.6 is 23.7 Å². The van der Waals surface area contributed by atoms with E-state index in [4.69, 9.17) is 0 Å². The van der Waals surface area contributed by atoms with Gasteiger partial charge in [-0.25, -0.2) is 4.57 Å². The SMILES string of the molecule is CCSCC[n+]1ccn(SCC)c1C. The summed E-state index contributed by atoms with van der Waals surface area (Å²) in [6.45, 7) is 7.70. The summed E-state index contributed by atoms with van der Waals surface area (Å²) in [6, 6.07) is 0. The lowest BCUT2D eigenvalue weighted by atomic mass is 10.6. The van der Waals surface area contributed by atoms with Crippen LogP contribution in [0.15, 0.2) is 12.4 Å². The predicted octanol–water partition coefficient (Wildman–Crippen LogP) is 2.35. The molecule has 0 radical (unpaired) electrons. The number of nitrogens with zero attached hydrogens (tertiary/aromatic N) is 2. The molecule has 0 spiro atoms. The van der Waals surface area contributed by atoms with Crippen molar-refractivity contribution in [2.45, 2.75) is 27.3 Å². The summed E-state index contributed by atoms with van der Waals surface area (Å²) >= 11 is 3.85. The minimum absolute atomic E-state index is 1.12. The van der Waals surface area contributed by atoms with Gasteiger partial charge in [-0.1, -0.05) is 13.8 Å². The van der Waals surface area contributed by atoms with Crippen LogP contribution in [0.5, 0.6) is 0 Å². The molecule has 1 rings (SSSR count). The molecule has 0 N–H and O–H groups in total. The molecule has 80 valence electrons. The molecule has 1 aromatic heterocycles. The lowest BCUT2D eigenvalue weighted by Crippen LogP contribution is -2.36. The van der Waals surface area contributed by atoms with Gasteiger partial charge in [-0.15, -0.1) is 0 Å². The van der Waals surface area contributed by atoms with Crippen LogP contribution in [0.2, 0.25) is 0 Å². The van der Waals surface area contributed by atoms with Gasteiger partial charge in [0.15, 0.2) is 0 Å². The molecule has 0 aliphatic carbocycles. The van der Waals surface area contributed by atoms with Crippen molar-refractivity contribution in [2.75, 3.05) is 17.3 Å². The summed E-state index contributed by atoms with van der Waals surface area (Å²) in [7, 11) is 0. The zero-order chi connectivity index (χ0) is 10.4. The van der Waals surface area contributed by atoms with Gasteiger partial charge in [0.25, 0.3) is 5.82 Å². The molecule has 0 aliphatic heterocycles. The van der Waals surface area contributed by atoms with E-state index in [0.717, 1.165) is 12.3 Å². The first-order valence-electron chi connectivity index (χ1n) is 5.08. The first kappa shape index (κ1) is 12.0. The van der Waals surface area contributed by atoms with Crippen LogP contribution in [0, 0.1) is 6.92 Å². The zero-order valence-electron chi connectivity index (χ0n) is 9.19. The molecule has 0 atom stereocenters. The van der Waals surface area contributed by atoms with E-state index in [1.54, 1.807) is 0 Å². The van der Waals surface area contributed by atoms with Crippen molar-refractivity contribution in [3.8, 4) is 0 Å². The van der Waals surface area contributed by atoms with Crippen molar-refractivity contribution in [1.82, 2.24) is 3.97 Å². The third-order valence-corrected chi connectivity index (χ3v) is 3.87. The molecule has 0 saturated heterocycles. The maximum atomic E-state index is 2.32. The number of thioether (sulfide) groups is 1. The van der Waals surface area contributed by atoms with E-state index < -0.39 is 0 Å². The van der Waals surface area contributed by atoms with Crippen LogP contribution in [0.3, 0.4) is 0 Å². The molecule has 0 aliphatic rings. The Balaban J connectivity index is 2.51. The Bertz CT molecular complexity index is 271. The Morgan fingerprint density at radius 2 is 2.14 bits per heavy atom. The average molecular weight is 231 g/mol. The van der Waals surface area contributed by atoms with Crippen molar-refractivity contribution < 1.29 is 4.57 Å². The average Bonchev–Trinajstić information content (AvgIpc) is 2.51. The molecule has 1 heterocycles. The van der Waals surface area contributed by atoms with E-state index in [2.05, 4.69) is 41.7 Å². The number of hydrogen-bond acceptors (Lipinski definition) is 2. The molecular weight excluding hydrogens is 212 g/mol. The number of aromatic nitrogens is 2. The maximum absolute atomic E-state index is 2.32. The molecule has 0 bridgehead atoms. The molecule has 0 aromatic carbocycles. The molecule has 0 amide bonds. The largest absolute Gasteiger partial charge is 0.265 e. The van der Waals surface area contributed by atoms with Crippen LogP contribution in [0.4, 0.5) is 0 Å². The zero-order valence-corrected chi connectivity index (χ0v) is 10.8. The second kappa shape index (κ2) is 6.40. The summed E-state index contributed by atoms with van der Waals surface area (Å²) in [4.78, 5) is 0. The van der Waals surface area contributed by atoms with Gasteiger partial charge in [0.1, 0.15) is 12.4 Å². The highest BCUT2D eigenvalue weighted by molar-refractivity contribution is 7.99. The van der Waals surface area contributed by atoms with E-state index in [1.165, 1.54) is 17.3 Å². The van der Waals surface area contributed by atoms with Gasteiger partial charge in [-0.2, -0.15) is 15.7 Å². The van der Waals surface area contributed by atoms with Gasteiger partial charge in [-0.05, 0) is 5.75 Å². The Morgan fingerprint density at radius 1 is 1.36 bits per heavy atom. The number of imidazole rings is 1. The second-order valence-electron chi connectivity index (χ2n) is 2.98. The second-order valence-corrected chi connectivity index (χ2v) is 5.60. The number of aryl methyl sites for hydroxylation is 1. The molecule has 0 fully saturated rings. The molecule has 14 heavy (non-hydrogen) atoms. The summed E-state index contributed by atoms with van der Waals surface area (Å²) < 4.78 is 4.57. The van der Waals surface area contributed by atoms with Gasteiger partial charge in [0, 0.05) is 18.4 Å². The highest BCUT2D eigenvalue weighted by Gasteiger charge is 2.11. The van der Waals surface area contributed by atoms with Crippen molar-refractivity contribution in [2.24, 2.45) is 0 Å². The van der Waals surface area contributed by atoms with E-state index in [1.807, 2.05) is 23.7 Å². The fraction of sp³-hybridized carbons (Fsp3) is 0.700. The van der Waals surface area contributed by atoms with E-state index >= 15 is 0 Å². The lowest BCUT2D eigenvalue weighted by Gasteiger charge is -1.98. The smallest absolute Gasteiger partial charge is 0.233 e. The highest BCUT2D eigenvalue weighted by Crippen LogP contribution is 2.07.